The maximum atomic E-state index is 5.21. The van der Waals surface area contributed by atoms with Crippen molar-refractivity contribution < 1.29 is 9.47 Å². The summed E-state index contributed by atoms with van der Waals surface area (Å²) in [6.45, 7) is 7.62. The van der Waals surface area contributed by atoms with Gasteiger partial charge < -0.3 is 14.4 Å². The van der Waals surface area contributed by atoms with Crippen LogP contribution < -0.4 is 0 Å². The van der Waals surface area contributed by atoms with E-state index in [1.807, 2.05) is 13.1 Å². The molecule has 4 heteroatoms. The quantitative estimate of drug-likeness (QED) is 0.744. The van der Waals surface area contributed by atoms with Crippen molar-refractivity contribution in [2.24, 2.45) is 0 Å². The third-order valence-corrected chi connectivity index (χ3v) is 3.07. The van der Waals surface area contributed by atoms with Gasteiger partial charge in [0.2, 0.25) is 0 Å². The van der Waals surface area contributed by atoms with Crippen LogP contribution in [0.25, 0.3) is 5.70 Å². The zero-order valence-corrected chi connectivity index (χ0v) is 10.6. The highest BCUT2D eigenvalue weighted by molar-refractivity contribution is 5.68. The van der Waals surface area contributed by atoms with Gasteiger partial charge in [0.1, 0.15) is 0 Å². The van der Waals surface area contributed by atoms with Crippen molar-refractivity contribution in [2.45, 2.75) is 19.8 Å². The number of aromatic nitrogens is 1. The van der Waals surface area contributed by atoms with Crippen LogP contribution in [-0.2, 0) is 16.0 Å². The molecule has 0 atom stereocenters. The van der Waals surface area contributed by atoms with Crippen molar-refractivity contribution in [1.29, 1.82) is 0 Å². The molecule has 92 valence electrons. The lowest BCUT2D eigenvalue weighted by atomic mass is 10.1. The summed E-state index contributed by atoms with van der Waals surface area (Å²) in [6.07, 6.45) is 1.69. The van der Waals surface area contributed by atoms with E-state index < -0.39 is 0 Å². The average Bonchev–Trinajstić information content (AvgIpc) is 2.63. The molecular formula is C13H18N2O2. The first kappa shape index (κ1) is 12.1. The van der Waals surface area contributed by atoms with E-state index in [0.717, 1.165) is 17.9 Å². The Hall–Kier alpha value is -1.39. The van der Waals surface area contributed by atoms with Crippen molar-refractivity contribution in [2.75, 3.05) is 20.8 Å². The molecule has 0 radical (unpaired) electrons. The van der Waals surface area contributed by atoms with Crippen LogP contribution in [0.3, 0.4) is 0 Å². The van der Waals surface area contributed by atoms with E-state index in [1.165, 1.54) is 11.1 Å². The predicted octanol–water partition coefficient (Wildman–Crippen LogP) is 1.80. The predicted molar refractivity (Wildman–Crippen MR) is 66.2 cm³/mol. The minimum Gasteiger partial charge on any atom is -0.362 e. The fraction of sp³-hybridized carbons (Fsp3) is 0.462. The highest BCUT2D eigenvalue weighted by Crippen LogP contribution is 2.31. The van der Waals surface area contributed by atoms with Gasteiger partial charge in [-0.2, -0.15) is 0 Å². The summed E-state index contributed by atoms with van der Waals surface area (Å²) < 4.78 is 10.4. The number of pyridine rings is 1. The molecular weight excluding hydrogens is 216 g/mol. The summed E-state index contributed by atoms with van der Waals surface area (Å²) in [6, 6.07) is 2.08. The topological polar surface area (TPSA) is 34.6 Å². The van der Waals surface area contributed by atoms with E-state index >= 15 is 0 Å². The first-order valence-corrected chi connectivity index (χ1v) is 5.61. The van der Waals surface area contributed by atoms with Crippen molar-refractivity contribution in [1.82, 2.24) is 9.88 Å². The average molecular weight is 234 g/mol. The molecule has 0 saturated heterocycles. The molecule has 0 N–H and O–H groups in total. The summed E-state index contributed by atoms with van der Waals surface area (Å²) in [5.41, 5.74) is 4.43. The van der Waals surface area contributed by atoms with E-state index in [-0.39, 0.29) is 6.29 Å². The zero-order valence-electron chi connectivity index (χ0n) is 10.6. The maximum absolute atomic E-state index is 5.21. The molecule has 0 bridgehead atoms. The standard InChI is InChI=1S/C13H18N2O2/c1-9-5-12-10(2)15(7-11(12)6-14-9)8-13(16-3)17-4/h5-6,13H,2,7-8H2,1,3-4H3. The fourth-order valence-corrected chi connectivity index (χ4v) is 2.05. The van der Waals surface area contributed by atoms with E-state index in [4.69, 9.17) is 9.47 Å². The van der Waals surface area contributed by atoms with Crippen molar-refractivity contribution in [3.05, 3.63) is 35.7 Å². The Morgan fingerprint density at radius 1 is 1.47 bits per heavy atom. The number of rotatable bonds is 4. The third kappa shape index (κ3) is 2.33. The van der Waals surface area contributed by atoms with E-state index in [9.17, 15) is 0 Å². The Kier molecular flexibility index (Phi) is 3.45. The van der Waals surface area contributed by atoms with Gasteiger partial charge in [0.25, 0.3) is 0 Å². The minimum atomic E-state index is -0.227. The molecule has 0 saturated carbocycles. The molecule has 1 aliphatic heterocycles. The largest absolute Gasteiger partial charge is 0.362 e. The van der Waals surface area contributed by atoms with Gasteiger partial charge in [-0.3, -0.25) is 4.98 Å². The summed E-state index contributed by atoms with van der Waals surface area (Å²) in [4.78, 5) is 6.47. The first-order chi connectivity index (χ1) is 8.15. The molecule has 0 unspecified atom stereocenters. The number of hydrogen-bond donors (Lipinski definition) is 0. The third-order valence-electron chi connectivity index (χ3n) is 3.07. The van der Waals surface area contributed by atoms with Gasteiger partial charge in [-0.15, -0.1) is 0 Å². The second-order valence-corrected chi connectivity index (χ2v) is 4.21. The Labute approximate surface area is 102 Å². The van der Waals surface area contributed by atoms with Gasteiger partial charge >= 0.3 is 0 Å². The molecule has 0 fully saturated rings. The van der Waals surface area contributed by atoms with Gasteiger partial charge in [-0.1, -0.05) is 6.58 Å². The molecule has 4 nitrogen and oxygen atoms in total. The van der Waals surface area contributed by atoms with Gasteiger partial charge in [-0.05, 0) is 18.6 Å². The van der Waals surface area contributed by atoms with Crippen molar-refractivity contribution >= 4 is 5.70 Å². The molecule has 1 aromatic rings. The SMILES string of the molecule is C=C1c2cc(C)ncc2CN1CC(OC)OC. The van der Waals surface area contributed by atoms with Gasteiger partial charge in [-0.25, -0.2) is 0 Å². The number of methoxy groups -OCH3 is 2. The number of nitrogens with zero attached hydrogens (tertiary/aromatic N) is 2. The van der Waals surface area contributed by atoms with Crippen LogP contribution in [0.15, 0.2) is 18.8 Å². The molecule has 1 aromatic heterocycles. The van der Waals surface area contributed by atoms with Gasteiger partial charge in [0.05, 0.1) is 6.54 Å². The van der Waals surface area contributed by atoms with Crippen LogP contribution in [0.2, 0.25) is 0 Å². The first-order valence-electron chi connectivity index (χ1n) is 5.61. The number of fused-ring (bicyclic) bond motifs is 1. The fourth-order valence-electron chi connectivity index (χ4n) is 2.05. The van der Waals surface area contributed by atoms with Crippen LogP contribution in [0.5, 0.6) is 0 Å². The van der Waals surface area contributed by atoms with Crippen LogP contribution in [0.4, 0.5) is 0 Å². The molecule has 2 heterocycles. The van der Waals surface area contributed by atoms with E-state index in [1.54, 1.807) is 14.2 Å². The van der Waals surface area contributed by atoms with Crippen LogP contribution >= 0.6 is 0 Å². The monoisotopic (exact) mass is 234 g/mol. The van der Waals surface area contributed by atoms with Crippen LogP contribution in [0, 0.1) is 6.92 Å². The lowest BCUT2D eigenvalue weighted by Crippen LogP contribution is -2.30. The number of ether oxygens (including phenoxy) is 2. The Balaban J connectivity index is 2.14. The van der Waals surface area contributed by atoms with Gasteiger partial charge in [0.15, 0.2) is 6.29 Å². The smallest absolute Gasteiger partial charge is 0.174 e. The van der Waals surface area contributed by atoms with E-state index in [0.29, 0.717) is 6.54 Å². The summed E-state index contributed by atoms with van der Waals surface area (Å²) in [5.74, 6) is 0. The molecule has 0 aliphatic carbocycles. The van der Waals surface area contributed by atoms with Crippen LogP contribution in [-0.4, -0.2) is 36.9 Å². The highest BCUT2D eigenvalue weighted by Gasteiger charge is 2.24. The van der Waals surface area contributed by atoms with Gasteiger partial charge in [0, 0.05) is 43.9 Å². The molecule has 2 rings (SSSR count). The Bertz CT molecular complexity index is 427. The molecule has 1 aliphatic rings. The number of hydrogen-bond acceptors (Lipinski definition) is 4. The second kappa shape index (κ2) is 4.85. The Morgan fingerprint density at radius 2 is 2.18 bits per heavy atom. The molecule has 17 heavy (non-hydrogen) atoms. The summed E-state index contributed by atoms with van der Waals surface area (Å²) in [7, 11) is 3.29. The normalized spacial score (nSPS) is 14.6. The summed E-state index contributed by atoms with van der Waals surface area (Å²) >= 11 is 0. The lowest BCUT2D eigenvalue weighted by Gasteiger charge is -2.24. The lowest BCUT2D eigenvalue weighted by molar-refractivity contribution is -0.110. The Morgan fingerprint density at radius 3 is 2.82 bits per heavy atom. The molecule has 0 spiro atoms. The summed E-state index contributed by atoms with van der Waals surface area (Å²) in [5, 5.41) is 0. The van der Waals surface area contributed by atoms with Crippen molar-refractivity contribution in [3.8, 4) is 0 Å². The number of aryl methyl sites for hydroxylation is 1. The van der Waals surface area contributed by atoms with Crippen molar-refractivity contribution in [3.63, 3.8) is 0 Å². The minimum absolute atomic E-state index is 0.227. The molecule has 0 aromatic carbocycles. The zero-order chi connectivity index (χ0) is 12.4. The van der Waals surface area contributed by atoms with E-state index in [2.05, 4.69) is 22.5 Å². The maximum Gasteiger partial charge on any atom is 0.174 e. The van der Waals surface area contributed by atoms with Crippen LogP contribution in [0.1, 0.15) is 16.8 Å². The highest BCUT2D eigenvalue weighted by atomic mass is 16.7. The second-order valence-electron chi connectivity index (χ2n) is 4.21. The molecule has 0 amide bonds.